The molecule has 136 valence electrons. The molecule has 5 rings (SSSR count). The fraction of sp³-hybridized carbons (Fsp3) is 0.222. The first kappa shape index (κ1) is 15.6. The molecule has 2 aliphatic rings. The van der Waals surface area contributed by atoms with Crippen molar-refractivity contribution in [3.8, 4) is 0 Å². The fourth-order valence-corrected chi connectivity index (χ4v) is 3.41. The Morgan fingerprint density at radius 3 is 3.04 bits per heavy atom. The quantitative estimate of drug-likeness (QED) is 0.554. The Bertz CT molecular complexity index is 1080. The molecule has 2 unspecified atom stereocenters. The van der Waals surface area contributed by atoms with Gasteiger partial charge in [0.25, 0.3) is 0 Å². The SMILES string of the molecule is O=C(O)c1ccc2c(n1)N(C(=O)Nc1cc3cc[nH]c3cn1)CC1CC1N2. The minimum atomic E-state index is -1.13. The van der Waals surface area contributed by atoms with Gasteiger partial charge in [0.2, 0.25) is 0 Å². The second-order valence-electron chi connectivity index (χ2n) is 6.79. The molecular weight excluding hydrogens is 348 g/mol. The van der Waals surface area contributed by atoms with Crippen LogP contribution in [-0.4, -0.2) is 44.6 Å². The van der Waals surface area contributed by atoms with Crippen LogP contribution in [0.5, 0.6) is 0 Å². The number of carbonyl (C=O) groups excluding carboxylic acids is 1. The summed E-state index contributed by atoms with van der Waals surface area (Å²) in [5, 5.41) is 16.3. The Kier molecular flexibility index (Phi) is 3.30. The van der Waals surface area contributed by atoms with Crippen LogP contribution in [0, 0.1) is 5.92 Å². The lowest BCUT2D eigenvalue weighted by Crippen LogP contribution is -2.37. The molecule has 4 N–H and O–H groups in total. The molecule has 0 spiro atoms. The minimum absolute atomic E-state index is 0.101. The maximum atomic E-state index is 13.0. The first-order valence-electron chi connectivity index (χ1n) is 8.61. The Morgan fingerprint density at radius 1 is 1.30 bits per heavy atom. The number of H-pyrrole nitrogens is 1. The molecule has 1 fully saturated rings. The molecule has 0 radical (unpaired) electrons. The number of hydrogen-bond donors (Lipinski definition) is 4. The van der Waals surface area contributed by atoms with Crippen LogP contribution in [0.15, 0.2) is 36.7 Å². The van der Waals surface area contributed by atoms with Crippen molar-refractivity contribution < 1.29 is 14.7 Å². The number of aromatic nitrogens is 3. The van der Waals surface area contributed by atoms with Gasteiger partial charge in [-0.3, -0.25) is 10.2 Å². The summed E-state index contributed by atoms with van der Waals surface area (Å²) in [7, 11) is 0. The van der Waals surface area contributed by atoms with Crippen molar-refractivity contribution in [3.63, 3.8) is 0 Å². The molecule has 3 aromatic rings. The summed E-state index contributed by atoms with van der Waals surface area (Å²) in [6, 6.07) is 6.68. The lowest BCUT2D eigenvalue weighted by Gasteiger charge is -2.22. The first-order valence-corrected chi connectivity index (χ1v) is 8.61. The fourth-order valence-electron chi connectivity index (χ4n) is 3.41. The monoisotopic (exact) mass is 364 g/mol. The summed E-state index contributed by atoms with van der Waals surface area (Å²) < 4.78 is 0. The average Bonchev–Trinajstić information content (AvgIpc) is 3.24. The molecule has 0 bridgehead atoms. The Hall–Kier alpha value is -3.62. The van der Waals surface area contributed by atoms with Crippen LogP contribution in [0.25, 0.3) is 10.9 Å². The van der Waals surface area contributed by atoms with E-state index >= 15 is 0 Å². The molecule has 0 saturated heterocycles. The van der Waals surface area contributed by atoms with Crippen molar-refractivity contribution in [2.24, 2.45) is 5.92 Å². The van der Waals surface area contributed by atoms with E-state index in [1.807, 2.05) is 6.07 Å². The highest BCUT2D eigenvalue weighted by molar-refractivity contribution is 6.04. The highest BCUT2D eigenvalue weighted by atomic mass is 16.4. The Balaban J connectivity index is 1.48. The standard InChI is InChI=1S/C18H16N6O3/c25-17(26)12-2-1-11-16(22-12)24(8-10-5-13(10)21-11)18(27)23-15-6-9-3-4-19-14(9)7-20-15/h1-4,6-7,10,13,19,21H,5,8H2,(H,25,26)(H,20,23,27). The van der Waals surface area contributed by atoms with E-state index in [0.717, 1.165) is 17.3 Å². The molecule has 3 aromatic heterocycles. The zero-order valence-electron chi connectivity index (χ0n) is 14.1. The van der Waals surface area contributed by atoms with Crippen molar-refractivity contribution in [1.82, 2.24) is 15.0 Å². The second kappa shape index (κ2) is 5.70. The normalized spacial score (nSPS) is 20.2. The van der Waals surface area contributed by atoms with Crippen molar-refractivity contribution in [2.45, 2.75) is 12.5 Å². The van der Waals surface area contributed by atoms with Crippen LogP contribution in [0.1, 0.15) is 16.9 Å². The van der Waals surface area contributed by atoms with Gasteiger partial charge in [-0.05, 0) is 36.6 Å². The maximum Gasteiger partial charge on any atom is 0.354 e. The van der Waals surface area contributed by atoms with E-state index in [1.165, 1.54) is 11.0 Å². The summed E-state index contributed by atoms with van der Waals surface area (Å²) in [4.78, 5) is 37.2. The summed E-state index contributed by atoms with van der Waals surface area (Å²) in [5.74, 6) is -0.0691. The van der Waals surface area contributed by atoms with E-state index in [1.54, 1.807) is 24.5 Å². The number of carbonyl (C=O) groups is 2. The average molecular weight is 364 g/mol. The maximum absolute atomic E-state index is 13.0. The van der Waals surface area contributed by atoms with Gasteiger partial charge in [-0.25, -0.2) is 19.6 Å². The number of carboxylic acid groups (broad SMARTS) is 1. The predicted molar refractivity (Wildman–Crippen MR) is 99.2 cm³/mol. The number of rotatable bonds is 2. The summed E-state index contributed by atoms with van der Waals surface area (Å²) >= 11 is 0. The van der Waals surface area contributed by atoms with Gasteiger partial charge in [-0.2, -0.15) is 0 Å². The van der Waals surface area contributed by atoms with Gasteiger partial charge in [0.15, 0.2) is 11.5 Å². The zero-order chi connectivity index (χ0) is 18.5. The van der Waals surface area contributed by atoms with Crippen molar-refractivity contribution in [1.29, 1.82) is 0 Å². The zero-order valence-corrected chi connectivity index (χ0v) is 14.1. The first-order chi connectivity index (χ1) is 13.1. The number of urea groups is 1. The number of amides is 2. The van der Waals surface area contributed by atoms with Crippen LogP contribution in [-0.2, 0) is 0 Å². The number of hydrogen-bond acceptors (Lipinski definition) is 5. The van der Waals surface area contributed by atoms with Crippen LogP contribution in [0.4, 0.5) is 22.1 Å². The molecule has 9 nitrogen and oxygen atoms in total. The third kappa shape index (κ3) is 2.73. The Labute approximate surface area is 153 Å². The highest BCUT2D eigenvalue weighted by Crippen LogP contribution is 2.41. The van der Waals surface area contributed by atoms with Crippen LogP contribution < -0.4 is 15.5 Å². The Morgan fingerprint density at radius 2 is 2.19 bits per heavy atom. The molecular formula is C18H16N6O3. The van der Waals surface area contributed by atoms with Gasteiger partial charge in [-0.1, -0.05) is 0 Å². The smallest absolute Gasteiger partial charge is 0.354 e. The van der Waals surface area contributed by atoms with E-state index < -0.39 is 5.97 Å². The number of anilines is 3. The van der Waals surface area contributed by atoms with Crippen LogP contribution >= 0.6 is 0 Å². The third-order valence-electron chi connectivity index (χ3n) is 4.95. The van der Waals surface area contributed by atoms with Crippen molar-refractivity contribution in [2.75, 3.05) is 22.1 Å². The second-order valence-corrected chi connectivity index (χ2v) is 6.79. The molecule has 2 atom stereocenters. The molecule has 4 heterocycles. The van der Waals surface area contributed by atoms with Gasteiger partial charge in [0.05, 0.1) is 17.4 Å². The summed E-state index contributed by atoms with van der Waals surface area (Å²) in [6.07, 6.45) is 4.43. The molecule has 0 aromatic carbocycles. The topological polar surface area (TPSA) is 123 Å². The third-order valence-corrected chi connectivity index (χ3v) is 4.95. The lowest BCUT2D eigenvalue weighted by atomic mass is 10.3. The highest BCUT2D eigenvalue weighted by Gasteiger charge is 2.43. The van der Waals surface area contributed by atoms with Gasteiger partial charge in [0.1, 0.15) is 5.82 Å². The number of aromatic amines is 1. The number of fused-ring (bicyclic) bond motifs is 3. The minimum Gasteiger partial charge on any atom is -0.477 e. The molecule has 2 amide bonds. The molecule has 1 saturated carbocycles. The number of carboxylic acids is 1. The number of nitrogens with zero attached hydrogens (tertiary/aromatic N) is 3. The number of pyridine rings is 2. The van der Waals surface area contributed by atoms with Gasteiger partial charge in [0, 0.05) is 24.2 Å². The van der Waals surface area contributed by atoms with Crippen molar-refractivity contribution >= 4 is 40.2 Å². The van der Waals surface area contributed by atoms with Gasteiger partial charge < -0.3 is 15.4 Å². The van der Waals surface area contributed by atoms with Crippen LogP contribution in [0.2, 0.25) is 0 Å². The van der Waals surface area contributed by atoms with Gasteiger partial charge in [-0.15, -0.1) is 0 Å². The molecule has 1 aliphatic heterocycles. The van der Waals surface area contributed by atoms with Crippen molar-refractivity contribution in [3.05, 3.63) is 42.4 Å². The van der Waals surface area contributed by atoms with E-state index in [0.29, 0.717) is 29.8 Å². The largest absolute Gasteiger partial charge is 0.477 e. The predicted octanol–water partition coefficient (Wildman–Crippen LogP) is 2.51. The summed E-state index contributed by atoms with van der Waals surface area (Å²) in [5.41, 5.74) is 1.44. The molecule has 27 heavy (non-hydrogen) atoms. The van der Waals surface area contributed by atoms with E-state index in [4.69, 9.17) is 0 Å². The molecule has 1 aliphatic carbocycles. The van der Waals surface area contributed by atoms with E-state index in [2.05, 4.69) is 25.6 Å². The number of nitrogens with one attached hydrogen (secondary N) is 3. The van der Waals surface area contributed by atoms with E-state index in [9.17, 15) is 14.7 Å². The molecule has 9 heteroatoms. The van der Waals surface area contributed by atoms with Crippen LogP contribution in [0.3, 0.4) is 0 Å². The number of aromatic carboxylic acids is 1. The lowest BCUT2D eigenvalue weighted by molar-refractivity contribution is 0.0690. The summed E-state index contributed by atoms with van der Waals surface area (Å²) in [6.45, 7) is 0.471. The van der Waals surface area contributed by atoms with Gasteiger partial charge >= 0.3 is 12.0 Å². The van der Waals surface area contributed by atoms with E-state index in [-0.39, 0.29) is 17.8 Å².